The van der Waals surface area contributed by atoms with Crippen LogP contribution in [0.2, 0.25) is 10.0 Å². The number of carbonyl (C=O) groups is 4. The number of amides is 3. The highest BCUT2D eigenvalue weighted by Gasteiger charge is 2.32. The number of benzene rings is 3. The molecule has 1 fully saturated rings. The lowest BCUT2D eigenvalue weighted by Gasteiger charge is -2.35. The highest BCUT2D eigenvalue weighted by Crippen LogP contribution is 2.40. The maximum atomic E-state index is 14.1. The number of piperazine rings is 1. The number of methoxy groups -OCH3 is 1. The van der Waals surface area contributed by atoms with Crippen molar-refractivity contribution in [1.29, 1.82) is 0 Å². The standard InChI is InChI=1S/C35H38Cl2N4O6/c1-3-47-33(43)22-39-15-17-40(18-16-39)32(42)19-23-7-6-14-41(30-13-10-24(36)20-28(23)30)35(45)27-12-11-25(21-31(27)46-2)38-34(44)26-8-4-5-9-29(26)37/h4-5,8-13,20-21,23H,3,6-7,14-19,22H2,1-2H3,(H,38,44). The summed E-state index contributed by atoms with van der Waals surface area (Å²) in [5, 5.41) is 3.67. The maximum Gasteiger partial charge on any atom is 0.320 e. The van der Waals surface area contributed by atoms with Gasteiger partial charge >= 0.3 is 5.97 Å². The molecule has 3 aromatic carbocycles. The van der Waals surface area contributed by atoms with Crippen LogP contribution in [-0.2, 0) is 14.3 Å². The van der Waals surface area contributed by atoms with Crippen molar-refractivity contribution in [2.24, 2.45) is 0 Å². The maximum absolute atomic E-state index is 14.1. The van der Waals surface area contributed by atoms with E-state index in [1.54, 1.807) is 60.4 Å². The van der Waals surface area contributed by atoms with Gasteiger partial charge in [-0.05, 0) is 73.7 Å². The number of nitrogens with zero attached hydrogens (tertiary/aromatic N) is 3. The molecule has 248 valence electrons. The predicted molar refractivity (Wildman–Crippen MR) is 182 cm³/mol. The molecular weight excluding hydrogens is 643 g/mol. The number of fused-ring (bicyclic) bond motifs is 1. The minimum atomic E-state index is -0.380. The Morgan fingerprint density at radius 2 is 1.68 bits per heavy atom. The number of rotatable bonds is 9. The van der Waals surface area contributed by atoms with Crippen LogP contribution in [0.5, 0.6) is 5.75 Å². The fraction of sp³-hybridized carbons (Fsp3) is 0.371. The Labute approximate surface area is 284 Å². The van der Waals surface area contributed by atoms with Gasteiger partial charge in [-0.15, -0.1) is 0 Å². The molecule has 0 saturated carbocycles. The molecule has 5 rings (SSSR count). The summed E-state index contributed by atoms with van der Waals surface area (Å²) in [5.74, 6) is -0.690. The number of esters is 1. The van der Waals surface area contributed by atoms with Crippen molar-refractivity contribution < 1.29 is 28.7 Å². The molecule has 1 atom stereocenters. The zero-order valence-corrected chi connectivity index (χ0v) is 28.0. The summed E-state index contributed by atoms with van der Waals surface area (Å²) in [6.45, 7) is 5.06. The molecule has 1 saturated heterocycles. The lowest BCUT2D eigenvalue weighted by atomic mass is 9.90. The fourth-order valence-electron chi connectivity index (χ4n) is 6.11. The number of halogens is 2. The summed E-state index contributed by atoms with van der Waals surface area (Å²) in [5.41, 5.74) is 2.66. The summed E-state index contributed by atoms with van der Waals surface area (Å²) in [6, 6.07) is 17.1. The van der Waals surface area contributed by atoms with Crippen LogP contribution >= 0.6 is 23.2 Å². The number of anilines is 2. The summed E-state index contributed by atoms with van der Waals surface area (Å²) >= 11 is 12.6. The van der Waals surface area contributed by atoms with Crippen LogP contribution < -0.4 is 15.0 Å². The quantitative estimate of drug-likeness (QED) is 0.281. The largest absolute Gasteiger partial charge is 0.496 e. The summed E-state index contributed by atoms with van der Waals surface area (Å²) in [7, 11) is 1.47. The molecule has 0 spiro atoms. The topological polar surface area (TPSA) is 108 Å². The van der Waals surface area contributed by atoms with Gasteiger partial charge in [0.25, 0.3) is 11.8 Å². The third kappa shape index (κ3) is 8.25. The smallest absolute Gasteiger partial charge is 0.320 e. The van der Waals surface area contributed by atoms with Crippen LogP contribution in [0.3, 0.4) is 0 Å². The van der Waals surface area contributed by atoms with Crippen LogP contribution in [0.25, 0.3) is 0 Å². The highest BCUT2D eigenvalue weighted by atomic mass is 35.5. The van der Waals surface area contributed by atoms with E-state index < -0.39 is 0 Å². The van der Waals surface area contributed by atoms with Gasteiger partial charge in [-0.25, -0.2) is 0 Å². The molecule has 2 heterocycles. The van der Waals surface area contributed by atoms with Crippen molar-refractivity contribution in [1.82, 2.24) is 9.80 Å². The summed E-state index contributed by atoms with van der Waals surface area (Å²) in [4.78, 5) is 57.8. The molecule has 3 aromatic rings. The van der Waals surface area contributed by atoms with E-state index in [1.807, 2.05) is 21.9 Å². The molecule has 12 heteroatoms. The first-order valence-corrected chi connectivity index (χ1v) is 16.4. The van der Waals surface area contributed by atoms with E-state index in [0.29, 0.717) is 90.5 Å². The van der Waals surface area contributed by atoms with Crippen LogP contribution in [0, 0.1) is 0 Å². The molecule has 10 nitrogen and oxygen atoms in total. The van der Waals surface area contributed by atoms with Crippen LogP contribution in [0.4, 0.5) is 11.4 Å². The van der Waals surface area contributed by atoms with Gasteiger partial charge in [0.05, 0.1) is 36.4 Å². The third-order valence-corrected chi connectivity index (χ3v) is 9.08. The average molecular weight is 682 g/mol. The van der Waals surface area contributed by atoms with Gasteiger partial charge in [0.15, 0.2) is 0 Å². The Morgan fingerprint density at radius 3 is 2.40 bits per heavy atom. The van der Waals surface area contributed by atoms with Gasteiger partial charge in [0.1, 0.15) is 5.75 Å². The van der Waals surface area contributed by atoms with E-state index in [9.17, 15) is 19.2 Å². The minimum absolute atomic E-state index is 0.0348. The lowest BCUT2D eigenvalue weighted by Crippen LogP contribution is -2.50. The summed E-state index contributed by atoms with van der Waals surface area (Å²) in [6.07, 6.45) is 1.67. The van der Waals surface area contributed by atoms with Crippen LogP contribution in [0.1, 0.15) is 58.4 Å². The van der Waals surface area contributed by atoms with Crippen molar-refractivity contribution in [3.05, 3.63) is 87.4 Å². The van der Waals surface area contributed by atoms with Gasteiger partial charge < -0.3 is 24.6 Å². The molecule has 0 aliphatic carbocycles. The van der Waals surface area contributed by atoms with Gasteiger partial charge in [-0.3, -0.25) is 24.1 Å². The summed E-state index contributed by atoms with van der Waals surface area (Å²) < 4.78 is 10.7. The minimum Gasteiger partial charge on any atom is -0.496 e. The molecular formula is C35H38Cl2N4O6. The first-order chi connectivity index (χ1) is 22.7. The van der Waals surface area contributed by atoms with Crippen molar-refractivity contribution in [3.63, 3.8) is 0 Å². The number of hydrogen-bond donors (Lipinski definition) is 1. The zero-order chi connectivity index (χ0) is 33.5. The first kappa shape index (κ1) is 34.2. The Hall–Kier alpha value is -4.12. The van der Waals surface area contributed by atoms with E-state index in [-0.39, 0.29) is 42.6 Å². The number of carbonyl (C=O) groups excluding carboxylic acids is 4. The number of hydrogen-bond acceptors (Lipinski definition) is 7. The van der Waals surface area contributed by atoms with E-state index >= 15 is 0 Å². The van der Waals surface area contributed by atoms with Crippen molar-refractivity contribution >= 4 is 58.3 Å². The van der Waals surface area contributed by atoms with E-state index in [2.05, 4.69) is 5.32 Å². The lowest BCUT2D eigenvalue weighted by molar-refractivity contribution is -0.145. The molecule has 0 bridgehead atoms. The second-order valence-electron chi connectivity index (χ2n) is 11.5. The van der Waals surface area contributed by atoms with E-state index in [0.717, 1.165) is 5.56 Å². The van der Waals surface area contributed by atoms with E-state index in [1.165, 1.54) is 7.11 Å². The van der Waals surface area contributed by atoms with Crippen LogP contribution in [0.15, 0.2) is 60.7 Å². The molecule has 1 N–H and O–H groups in total. The van der Waals surface area contributed by atoms with Crippen LogP contribution in [-0.4, -0.2) is 86.5 Å². The molecule has 0 radical (unpaired) electrons. The number of nitrogens with one attached hydrogen (secondary N) is 1. The molecule has 0 aromatic heterocycles. The van der Waals surface area contributed by atoms with E-state index in [4.69, 9.17) is 32.7 Å². The molecule has 47 heavy (non-hydrogen) atoms. The van der Waals surface area contributed by atoms with Gasteiger partial charge in [0.2, 0.25) is 5.91 Å². The predicted octanol–water partition coefficient (Wildman–Crippen LogP) is 5.88. The highest BCUT2D eigenvalue weighted by molar-refractivity contribution is 6.34. The Balaban J connectivity index is 1.30. The van der Waals surface area contributed by atoms with Crippen molar-refractivity contribution in [2.75, 3.05) is 63.2 Å². The molecule has 3 amide bonds. The monoisotopic (exact) mass is 680 g/mol. The second-order valence-corrected chi connectivity index (χ2v) is 12.4. The Bertz CT molecular complexity index is 1640. The van der Waals surface area contributed by atoms with Crippen molar-refractivity contribution in [2.45, 2.75) is 32.1 Å². The average Bonchev–Trinajstić information content (AvgIpc) is 3.23. The molecule has 2 aliphatic rings. The second kappa shape index (κ2) is 15.6. The molecule has 1 unspecified atom stereocenters. The van der Waals surface area contributed by atoms with Gasteiger partial charge in [-0.1, -0.05) is 35.3 Å². The zero-order valence-electron chi connectivity index (χ0n) is 26.5. The fourth-order valence-corrected chi connectivity index (χ4v) is 6.51. The molecule has 2 aliphatic heterocycles. The number of ether oxygens (including phenoxy) is 2. The normalized spacial score (nSPS) is 16.6. The Kier molecular flexibility index (Phi) is 11.4. The van der Waals surface area contributed by atoms with Crippen molar-refractivity contribution in [3.8, 4) is 5.75 Å². The Morgan fingerprint density at radius 1 is 0.915 bits per heavy atom. The third-order valence-electron chi connectivity index (χ3n) is 8.51. The van der Waals surface area contributed by atoms with Gasteiger partial charge in [-0.2, -0.15) is 0 Å². The van der Waals surface area contributed by atoms with Gasteiger partial charge in [0, 0.05) is 61.6 Å². The SMILES string of the molecule is CCOC(=O)CN1CCN(C(=O)CC2CCCN(C(=O)c3ccc(NC(=O)c4ccccc4Cl)cc3OC)c3ccc(Cl)cc32)CC1. The first-order valence-electron chi connectivity index (χ1n) is 15.7.